The highest BCUT2D eigenvalue weighted by molar-refractivity contribution is 5.89. The van der Waals surface area contributed by atoms with Gasteiger partial charge in [-0.2, -0.15) is 0 Å². The molecule has 0 aromatic rings. The third-order valence-corrected chi connectivity index (χ3v) is 3.69. The van der Waals surface area contributed by atoms with Crippen LogP contribution in [0.3, 0.4) is 0 Å². The molecule has 0 aliphatic heterocycles. The summed E-state index contributed by atoms with van der Waals surface area (Å²) in [7, 11) is 0. The van der Waals surface area contributed by atoms with Gasteiger partial charge in [-0.1, -0.05) is 60.0 Å². The van der Waals surface area contributed by atoms with E-state index in [1.165, 1.54) is 77.5 Å². The predicted molar refractivity (Wildman–Crippen MR) is 107 cm³/mol. The number of aliphatic carboxylic acids is 2. The molecule has 0 heterocycles. The molecule has 6 heteroatoms. The number of carboxylic acids is 2. The van der Waals surface area contributed by atoms with E-state index in [-0.39, 0.29) is 0 Å². The van der Waals surface area contributed by atoms with Crippen LogP contribution in [-0.2, 0) is 9.59 Å². The average molecular weight is 389 g/mol. The van der Waals surface area contributed by atoms with Crippen LogP contribution in [0, 0.1) is 0 Å². The van der Waals surface area contributed by atoms with Crippen molar-refractivity contribution in [2.75, 3.05) is 26.2 Å². The van der Waals surface area contributed by atoms with Crippen molar-refractivity contribution >= 4 is 11.9 Å². The molecule has 6 nitrogen and oxygen atoms in total. The molecule has 0 aliphatic carbocycles. The molecule has 0 spiro atoms. The molecule has 4 N–H and O–H groups in total. The molecule has 0 aromatic carbocycles. The van der Waals surface area contributed by atoms with E-state index in [1.54, 1.807) is 0 Å². The SMILES string of the molecule is C=C(CC(=O)[O-])C(=O)[O-].CCCC[NH2+]CCCC.CCCC[NH2+]CCCC. The maximum atomic E-state index is 9.73. The summed E-state index contributed by atoms with van der Waals surface area (Å²) in [5.74, 6) is -3.02. The van der Waals surface area contributed by atoms with Crippen molar-refractivity contribution in [2.45, 2.75) is 85.5 Å². The molecule has 27 heavy (non-hydrogen) atoms. The van der Waals surface area contributed by atoms with E-state index in [0.29, 0.717) is 0 Å². The lowest BCUT2D eigenvalue weighted by molar-refractivity contribution is -0.655. The maximum Gasteiger partial charge on any atom is 0.0755 e. The van der Waals surface area contributed by atoms with Crippen molar-refractivity contribution in [3.05, 3.63) is 12.2 Å². The molecule has 0 unspecified atom stereocenters. The molecule has 0 saturated carbocycles. The smallest absolute Gasteiger partial charge is 0.0755 e. The lowest BCUT2D eigenvalue weighted by Crippen LogP contribution is -2.84. The second-order valence-corrected chi connectivity index (χ2v) is 6.59. The zero-order valence-electron chi connectivity index (χ0n) is 18.2. The second kappa shape index (κ2) is 26.8. The fraction of sp³-hybridized carbons (Fsp3) is 0.810. The Bertz CT molecular complexity index is 321. The third kappa shape index (κ3) is 36.3. The van der Waals surface area contributed by atoms with Crippen LogP contribution in [0.1, 0.15) is 85.5 Å². The molecule has 0 aliphatic rings. The van der Waals surface area contributed by atoms with Crippen LogP contribution in [0.4, 0.5) is 0 Å². The van der Waals surface area contributed by atoms with Crippen LogP contribution >= 0.6 is 0 Å². The molecular weight excluding hydrogens is 344 g/mol. The zero-order chi connectivity index (χ0) is 21.3. The van der Waals surface area contributed by atoms with Gasteiger partial charge in [-0.3, -0.25) is 0 Å². The Labute approximate surface area is 166 Å². The highest BCUT2D eigenvalue weighted by Gasteiger charge is 1.93. The van der Waals surface area contributed by atoms with Crippen molar-refractivity contribution in [2.24, 2.45) is 0 Å². The Morgan fingerprint density at radius 2 is 1.00 bits per heavy atom. The summed E-state index contributed by atoms with van der Waals surface area (Å²) in [6.07, 6.45) is 10.2. The molecule has 0 atom stereocenters. The first-order valence-electron chi connectivity index (χ1n) is 10.6. The Balaban J connectivity index is -0.000000320. The molecular formula is C21H44N2O4. The number of unbranched alkanes of at least 4 members (excludes halogenated alkanes) is 4. The highest BCUT2D eigenvalue weighted by Crippen LogP contribution is 1.92. The molecule has 0 radical (unpaired) electrons. The molecule has 0 amide bonds. The largest absolute Gasteiger partial charge is 0.550 e. The Morgan fingerprint density at radius 1 is 0.704 bits per heavy atom. The van der Waals surface area contributed by atoms with Gasteiger partial charge in [0.05, 0.1) is 32.1 Å². The normalized spacial score (nSPS) is 9.48. The van der Waals surface area contributed by atoms with Gasteiger partial charge in [0.2, 0.25) is 0 Å². The number of carboxylic acid groups (broad SMARTS) is 2. The van der Waals surface area contributed by atoms with Crippen LogP contribution in [-0.4, -0.2) is 38.1 Å². The molecule has 0 saturated heterocycles. The van der Waals surface area contributed by atoms with Crippen molar-refractivity contribution in [3.63, 3.8) is 0 Å². The van der Waals surface area contributed by atoms with Gasteiger partial charge < -0.3 is 30.4 Å². The van der Waals surface area contributed by atoms with Gasteiger partial charge in [-0.25, -0.2) is 0 Å². The molecule has 162 valence electrons. The van der Waals surface area contributed by atoms with Gasteiger partial charge in [0, 0.05) is 12.4 Å². The van der Waals surface area contributed by atoms with Crippen LogP contribution < -0.4 is 20.8 Å². The zero-order valence-corrected chi connectivity index (χ0v) is 18.2. The Hall–Kier alpha value is -1.40. The van der Waals surface area contributed by atoms with Gasteiger partial charge >= 0.3 is 0 Å². The highest BCUT2D eigenvalue weighted by atomic mass is 16.4. The van der Waals surface area contributed by atoms with E-state index in [0.717, 1.165) is 0 Å². The quantitative estimate of drug-likeness (QED) is 0.297. The minimum Gasteiger partial charge on any atom is -0.550 e. The second-order valence-electron chi connectivity index (χ2n) is 6.59. The molecule has 0 rings (SSSR count). The van der Waals surface area contributed by atoms with E-state index < -0.39 is 23.9 Å². The molecule has 0 fully saturated rings. The summed E-state index contributed by atoms with van der Waals surface area (Å²) in [6.45, 7) is 17.2. The Kier molecular flexibility index (Phi) is 30.1. The number of quaternary nitrogens is 2. The number of hydrogen-bond acceptors (Lipinski definition) is 4. The van der Waals surface area contributed by atoms with Crippen LogP contribution in [0.2, 0.25) is 0 Å². The standard InChI is InChI=1S/2C8H19N.C5H6O4/c2*1-3-5-7-9-8-6-4-2;1-3(5(8)9)2-4(6)7/h2*9H,3-8H2,1-2H3;1-2H2,(H,6,7)(H,8,9). The predicted octanol–water partition coefficient (Wildman–Crippen LogP) is -0.267. The van der Waals surface area contributed by atoms with E-state index >= 15 is 0 Å². The van der Waals surface area contributed by atoms with Gasteiger partial charge in [-0.15, -0.1) is 0 Å². The van der Waals surface area contributed by atoms with Crippen molar-refractivity contribution in [3.8, 4) is 0 Å². The first-order valence-corrected chi connectivity index (χ1v) is 10.6. The number of hydrogen-bond donors (Lipinski definition) is 2. The van der Waals surface area contributed by atoms with Crippen molar-refractivity contribution in [1.82, 2.24) is 0 Å². The monoisotopic (exact) mass is 388 g/mol. The van der Waals surface area contributed by atoms with Gasteiger partial charge in [0.15, 0.2) is 0 Å². The minimum atomic E-state index is -1.56. The average Bonchev–Trinajstić information content (AvgIpc) is 2.62. The van der Waals surface area contributed by atoms with E-state index in [1.807, 2.05) is 0 Å². The van der Waals surface area contributed by atoms with Gasteiger partial charge in [-0.05, 0) is 31.3 Å². The topological polar surface area (TPSA) is 113 Å². The Morgan fingerprint density at radius 3 is 1.15 bits per heavy atom. The number of nitrogens with two attached hydrogens (primary N) is 2. The van der Waals surface area contributed by atoms with E-state index in [2.05, 4.69) is 44.9 Å². The molecule has 0 bridgehead atoms. The minimum absolute atomic E-state index is 0.477. The third-order valence-electron chi connectivity index (χ3n) is 3.69. The summed E-state index contributed by atoms with van der Waals surface area (Å²) in [5.41, 5.74) is -0.477. The summed E-state index contributed by atoms with van der Waals surface area (Å²) in [6, 6.07) is 0. The lowest BCUT2D eigenvalue weighted by atomic mass is 10.2. The van der Waals surface area contributed by atoms with Gasteiger partial charge in [0.25, 0.3) is 0 Å². The first kappa shape index (κ1) is 30.3. The van der Waals surface area contributed by atoms with Crippen molar-refractivity contribution < 1.29 is 30.4 Å². The van der Waals surface area contributed by atoms with E-state index in [4.69, 9.17) is 0 Å². The maximum absolute atomic E-state index is 9.73. The lowest BCUT2D eigenvalue weighted by Gasteiger charge is -2.05. The number of rotatable bonds is 15. The molecule has 0 aromatic heterocycles. The van der Waals surface area contributed by atoms with Crippen molar-refractivity contribution in [1.29, 1.82) is 0 Å². The number of carbonyl (C=O) groups is 2. The summed E-state index contributed by atoms with van der Waals surface area (Å²) >= 11 is 0. The fourth-order valence-corrected chi connectivity index (χ4v) is 1.93. The van der Waals surface area contributed by atoms with Crippen LogP contribution in [0.5, 0.6) is 0 Å². The summed E-state index contributed by atoms with van der Waals surface area (Å²) in [5, 5.41) is 24.2. The number of carbonyl (C=O) groups excluding carboxylic acids is 2. The fourth-order valence-electron chi connectivity index (χ4n) is 1.93. The first-order chi connectivity index (χ1) is 12.9. The summed E-state index contributed by atoms with van der Waals surface area (Å²) < 4.78 is 0. The van der Waals surface area contributed by atoms with Crippen LogP contribution in [0.15, 0.2) is 12.2 Å². The summed E-state index contributed by atoms with van der Waals surface area (Å²) in [4.78, 5) is 19.4. The van der Waals surface area contributed by atoms with E-state index in [9.17, 15) is 19.8 Å². The van der Waals surface area contributed by atoms with Gasteiger partial charge in [0.1, 0.15) is 0 Å². The van der Waals surface area contributed by atoms with Crippen LogP contribution in [0.25, 0.3) is 0 Å².